The van der Waals surface area contributed by atoms with Crippen molar-refractivity contribution in [2.75, 3.05) is 31.2 Å². The fraction of sp³-hybridized carbons (Fsp3) is 0.304. The van der Waals surface area contributed by atoms with Crippen LogP contribution < -0.4 is 14.4 Å². The van der Waals surface area contributed by atoms with Gasteiger partial charge in [-0.2, -0.15) is 5.26 Å². The highest BCUT2D eigenvalue weighted by Crippen LogP contribution is 2.43. The van der Waals surface area contributed by atoms with Crippen LogP contribution in [0.4, 0.5) is 5.69 Å². The Bertz CT molecular complexity index is 996. The zero-order valence-electron chi connectivity index (χ0n) is 17.0. The number of anilines is 1. The van der Waals surface area contributed by atoms with Gasteiger partial charge in [0.2, 0.25) is 5.91 Å². The Morgan fingerprint density at radius 3 is 2.47 bits per heavy atom. The summed E-state index contributed by atoms with van der Waals surface area (Å²) >= 11 is 1.54. The predicted octanol–water partition coefficient (Wildman–Crippen LogP) is 4.31. The number of amides is 1. The van der Waals surface area contributed by atoms with Crippen molar-refractivity contribution in [2.24, 2.45) is 0 Å². The van der Waals surface area contributed by atoms with Crippen LogP contribution in [0.15, 0.2) is 59.1 Å². The average Bonchev–Trinajstić information content (AvgIpc) is 2.79. The molecule has 1 atom stereocenters. The largest absolute Gasteiger partial charge is 0.497 e. The van der Waals surface area contributed by atoms with Crippen LogP contribution in [0.3, 0.4) is 0 Å². The molecule has 0 radical (unpaired) electrons. The van der Waals surface area contributed by atoms with E-state index < -0.39 is 0 Å². The number of ether oxygens (including phenoxy) is 2. The van der Waals surface area contributed by atoms with Gasteiger partial charge in [-0.1, -0.05) is 23.9 Å². The number of methoxy groups -OCH3 is 1. The molecule has 2 aromatic carbocycles. The van der Waals surface area contributed by atoms with Crippen LogP contribution in [-0.2, 0) is 4.79 Å². The Morgan fingerprint density at radius 1 is 1.13 bits per heavy atom. The molecule has 2 aromatic rings. The number of carbonyl (C=O) groups excluding carboxylic acids is 1. The van der Waals surface area contributed by atoms with E-state index >= 15 is 0 Å². The van der Waals surface area contributed by atoms with Crippen molar-refractivity contribution in [1.29, 1.82) is 5.26 Å². The van der Waals surface area contributed by atoms with Gasteiger partial charge in [0.05, 0.1) is 42.9 Å². The van der Waals surface area contributed by atoms with Crippen molar-refractivity contribution in [3.63, 3.8) is 0 Å². The van der Waals surface area contributed by atoms with Crippen molar-refractivity contribution in [3.05, 3.63) is 64.7 Å². The van der Waals surface area contributed by atoms with E-state index in [1.54, 1.807) is 12.0 Å². The highest BCUT2D eigenvalue weighted by Gasteiger charge is 2.38. The van der Waals surface area contributed by atoms with E-state index in [1.807, 2.05) is 55.5 Å². The van der Waals surface area contributed by atoms with Gasteiger partial charge in [0.25, 0.3) is 0 Å². The summed E-state index contributed by atoms with van der Waals surface area (Å²) in [5.74, 6) is 2.08. The van der Waals surface area contributed by atoms with Gasteiger partial charge in [-0.25, -0.2) is 0 Å². The standard InChI is InChI=1S/C23H23N3O3S/c1-3-29-19-8-4-16(5-9-19)20-12-22(27)26-14-25(15-30-23(26)21(20)13-24)17-6-10-18(28-2)11-7-17/h4-11,20H,3,12,14-15H2,1-2H3/t20-/m0/s1. The molecule has 6 nitrogen and oxygen atoms in total. The Morgan fingerprint density at radius 2 is 1.83 bits per heavy atom. The first-order chi connectivity index (χ1) is 14.6. The average molecular weight is 422 g/mol. The summed E-state index contributed by atoms with van der Waals surface area (Å²) in [7, 11) is 1.64. The van der Waals surface area contributed by atoms with E-state index in [0.29, 0.717) is 24.7 Å². The molecule has 0 saturated carbocycles. The molecule has 1 fully saturated rings. The number of fused-ring (bicyclic) bond motifs is 1. The maximum atomic E-state index is 13.0. The molecule has 2 aliphatic rings. The minimum absolute atomic E-state index is 0.0357. The van der Waals surface area contributed by atoms with Gasteiger partial charge in [-0.15, -0.1) is 0 Å². The van der Waals surface area contributed by atoms with Gasteiger partial charge in [-0.05, 0) is 48.9 Å². The van der Waals surface area contributed by atoms with Crippen molar-refractivity contribution in [1.82, 2.24) is 4.90 Å². The number of hydrogen-bond acceptors (Lipinski definition) is 6. The smallest absolute Gasteiger partial charge is 0.229 e. The topological polar surface area (TPSA) is 65.8 Å². The molecule has 1 saturated heterocycles. The molecule has 0 spiro atoms. The molecule has 154 valence electrons. The Balaban J connectivity index is 1.59. The van der Waals surface area contributed by atoms with Gasteiger partial charge in [-0.3, -0.25) is 9.69 Å². The Labute approximate surface area is 180 Å². The minimum Gasteiger partial charge on any atom is -0.497 e. The number of nitrogens with zero attached hydrogens (tertiary/aromatic N) is 3. The normalized spacial score (nSPS) is 18.7. The van der Waals surface area contributed by atoms with Crippen molar-refractivity contribution in [2.45, 2.75) is 19.3 Å². The van der Waals surface area contributed by atoms with Gasteiger partial charge in [0.1, 0.15) is 11.5 Å². The van der Waals surface area contributed by atoms with Crippen molar-refractivity contribution in [3.8, 4) is 17.6 Å². The highest BCUT2D eigenvalue weighted by molar-refractivity contribution is 8.03. The van der Waals surface area contributed by atoms with Crippen LogP contribution >= 0.6 is 11.8 Å². The summed E-state index contributed by atoms with van der Waals surface area (Å²) < 4.78 is 10.7. The fourth-order valence-electron chi connectivity index (χ4n) is 3.77. The molecule has 0 aliphatic carbocycles. The lowest BCUT2D eigenvalue weighted by Gasteiger charge is -2.42. The number of carbonyl (C=O) groups is 1. The molecule has 7 heteroatoms. The summed E-state index contributed by atoms with van der Waals surface area (Å²) in [6.07, 6.45) is 0.289. The van der Waals surface area contributed by atoms with E-state index in [-0.39, 0.29) is 18.2 Å². The third-order valence-electron chi connectivity index (χ3n) is 5.32. The summed E-state index contributed by atoms with van der Waals surface area (Å²) in [6, 6.07) is 17.9. The van der Waals surface area contributed by atoms with E-state index in [4.69, 9.17) is 9.47 Å². The third-order valence-corrected chi connectivity index (χ3v) is 6.48. The molecule has 0 bridgehead atoms. The third kappa shape index (κ3) is 3.83. The van der Waals surface area contributed by atoms with E-state index in [1.165, 1.54) is 11.8 Å². The van der Waals surface area contributed by atoms with E-state index in [9.17, 15) is 10.1 Å². The van der Waals surface area contributed by atoms with Gasteiger partial charge in [0, 0.05) is 18.0 Å². The monoisotopic (exact) mass is 421 g/mol. The maximum absolute atomic E-state index is 13.0. The Hall–Kier alpha value is -3.11. The lowest BCUT2D eigenvalue weighted by Crippen LogP contribution is -2.47. The van der Waals surface area contributed by atoms with Crippen LogP contribution in [0.5, 0.6) is 11.5 Å². The molecule has 2 aliphatic heterocycles. The molecular weight excluding hydrogens is 398 g/mol. The second-order valence-electron chi connectivity index (χ2n) is 7.06. The summed E-state index contributed by atoms with van der Waals surface area (Å²) in [4.78, 5) is 16.9. The number of thioether (sulfide) groups is 1. The molecular formula is C23H23N3O3S. The zero-order chi connectivity index (χ0) is 21.1. The predicted molar refractivity (Wildman–Crippen MR) is 117 cm³/mol. The van der Waals surface area contributed by atoms with Crippen LogP contribution in [0.1, 0.15) is 24.8 Å². The van der Waals surface area contributed by atoms with Gasteiger partial charge >= 0.3 is 0 Å². The second kappa shape index (κ2) is 8.72. The second-order valence-corrected chi connectivity index (χ2v) is 8.00. The highest BCUT2D eigenvalue weighted by atomic mass is 32.2. The van der Waals surface area contributed by atoms with E-state index in [0.717, 1.165) is 27.8 Å². The first-order valence-electron chi connectivity index (χ1n) is 9.83. The van der Waals surface area contributed by atoms with Crippen LogP contribution in [-0.4, -0.2) is 37.1 Å². The fourth-order valence-corrected chi connectivity index (χ4v) is 4.93. The first-order valence-corrected chi connectivity index (χ1v) is 10.8. The quantitative estimate of drug-likeness (QED) is 0.717. The van der Waals surface area contributed by atoms with Crippen LogP contribution in [0.25, 0.3) is 0 Å². The van der Waals surface area contributed by atoms with Crippen LogP contribution in [0.2, 0.25) is 0 Å². The lowest BCUT2D eigenvalue weighted by atomic mass is 9.86. The summed E-state index contributed by atoms with van der Waals surface area (Å²) in [5, 5.41) is 10.7. The molecule has 2 heterocycles. The number of nitriles is 1. The van der Waals surface area contributed by atoms with Gasteiger partial charge < -0.3 is 14.4 Å². The van der Waals surface area contributed by atoms with Crippen molar-refractivity contribution < 1.29 is 14.3 Å². The molecule has 30 heavy (non-hydrogen) atoms. The number of benzene rings is 2. The molecule has 0 unspecified atom stereocenters. The van der Waals surface area contributed by atoms with E-state index in [2.05, 4.69) is 11.0 Å². The molecule has 0 aromatic heterocycles. The number of allylic oxidation sites excluding steroid dienone is 1. The van der Waals surface area contributed by atoms with Crippen molar-refractivity contribution >= 4 is 23.4 Å². The summed E-state index contributed by atoms with van der Waals surface area (Å²) in [6.45, 7) is 2.98. The maximum Gasteiger partial charge on any atom is 0.229 e. The zero-order valence-corrected chi connectivity index (χ0v) is 17.8. The minimum atomic E-state index is -0.218. The number of hydrogen-bond donors (Lipinski definition) is 0. The SMILES string of the molecule is CCOc1ccc([C@@H]2CC(=O)N3CN(c4ccc(OC)cc4)CSC3=C2C#N)cc1. The van der Waals surface area contributed by atoms with Gasteiger partial charge in [0.15, 0.2) is 0 Å². The number of rotatable bonds is 5. The lowest BCUT2D eigenvalue weighted by molar-refractivity contribution is -0.129. The van der Waals surface area contributed by atoms with Crippen LogP contribution in [0, 0.1) is 11.3 Å². The Kier molecular flexibility index (Phi) is 5.86. The first kappa shape index (κ1) is 20.2. The molecule has 0 N–H and O–H groups in total. The molecule has 1 amide bonds. The molecule has 4 rings (SSSR count). The summed E-state index contributed by atoms with van der Waals surface area (Å²) in [5.41, 5.74) is 2.65.